The van der Waals surface area contributed by atoms with Crippen LogP contribution in [0.25, 0.3) is 12.2 Å². The SMILES string of the molecule is COC(=O)c1c(C=Cc2ncccc2OC)cc(OC)cc1OC. The molecule has 0 aliphatic heterocycles. The highest BCUT2D eigenvalue weighted by Gasteiger charge is 2.18. The second kappa shape index (κ2) is 8.01. The van der Waals surface area contributed by atoms with Gasteiger partial charge in [0.1, 0.15) is 28.5 Å². The van der Waals surface area contributed by atoms with Crippen molar-refractivity contribution in [2.75, 3.05) is 28.4 Å². The van der Waals surface area contributed by atoms with Crippen molar-refractivity contribution in [3.05, 3.63) is 47.3 Å². The molecule has 0 saturated heterocycles. The van der Waals surface area contributed by atoms with Gasteiger partial charge in [-0.2, -0.15) is 0 Å². The van der Waals surface area contributed by atoms with E-state index in [1.165, 1.54) is 14.2 Å². The molecule has 6 nitrogen and oxygen atoms in total. The van der Waals surface area contributed by atoms with Crippen molar-refractivity contribution >= 4 is 18.1 Å². The van der Waals surface area contributed by atoms with Crippen molar-refractivity contribution in [2.45, 2.75) is 0 Å². The number of esters is 1. The molecule has 0 unspecified atom stereocenters. The van der Waals surface area contributed by atoms with Gasteiger partial charge in [-0.05, 0) is 29.8 Å². The zero-order valence-corrected chi connectivity index (χ0v) is 14.0. The molecule has 0 N–H and O–H groups in total. The summed E-state index contributed by atoms with van der Waals surface area (Å²) in [5, 5.41) is 0. The summed E-state index contributed by atoms with van der Waals surface area (Å²) < 4.78 is 20.7. The highest BCUT2D eigenvalue weighted by atomic mass is 16.5. The van der Waals surface area contributed by atoms with Gasteiger partial charge < -0.3 is 18.9 Å². The third-order valence-corrected chi connectivity index (χ3v) is 3.39. The highest BCUT2D eigenvalue weighted by molar-refractivity contribution is 5.98. The molecule has 0 saturated carbocycles. The van der Waals surface area contributed by atoms with Gasteiger partial charge in [0, 0.05) is 12.3 Å². The number of hydrogen-bond donors (Lipinski definition) is 0. The monoisotopic (exact) mass is 329 g/mol. The quantitative estimate of drug-likeness (QED) is 0.759. The summed E-state index contributed by atoms with van der Waals surface area (Å²) >= 11 is 0. The van der Waals surface area contributed by atoms with E-state index in [1.807, 2.05) is 0 Å². The summed E-state index contributed by atoms with van der Waals surface area (Å²) in [6.07, 6.45) is 5.15. The van der Waals surface area contributed by atoms with E-state index in [1.54, 1.807) is 56.8 Å². The molecule has 2 rings (SSSR count). The summed E-state index contributed by atoms with van der Waals surface area (Å²) in [5.41, 5.74) is 1.54. The summed E-state index contributed by atoms with van der Waals surface area (Å²) in [4.78, 5) is 16.4. The number of benzene rings is 1. The molecule has 0 atom stereocenters. The third kappa shape index (κ3) is 3.65. The van der Waals surface area contributed by atoms with E-state index < -0.39 is 5.97 Å². The standard InChI is InChI=1S/C18H19NO5/c1-21-13-10-12(17(18(20)24-4)16(11-13)23-3)7-8-14-15(22-2)6-5-9-19-14/h5-11H,1-4H3. The van der Waals surface area contributed by atoms with Gasteiger partial charge in [0.15, 0.2) is 0 Å². The first-order valence-electron chi connectivity index (χ1n) is 7.16. The van der Waals surface area contributed by atoms with Gasteiger partial charge >= 0.3 is 5.97 Å². The van der Waals surface area contributed by atoms with Crippen molar-refractivity contribution in [3.63, 3.8) is 0 Å². The summed E-state index contributed by atoms with van der Waals surface area (Å²) in [6.45, 7) is 0. The first kappa shape index (κ1) is 17.3. The Bertz CT molecular complexity index is 755. The van der Waals surface area contributed by atoms with Crippen LogP contribution in [0, 0.1) is 0 Å². The zero-order valence-electron chi connectivity index (χ0n) is 14.0. The maximum atomic E-state index is 12.1. The molecule has 0 aliphatic carbocycles. The van der Waals surface area contributed by atoms with E-state index in [9.17, 15) is 4.79 Å². The molecule has 6 heteroatoms. The average molecular weight is 329 g/mol. The summed E-state index contributed by atoms with van der Waals surface area (Å²) in [6, 6.07) is 6.94. The van der Waals surface area contributed by atoms with Crippen molar-refractivity contribution in [3.8, 4) is 17.2 Å². The molecule has 0 amide bonds. The Balaban J connectivity index is 2.55. The van der Waals surface area contributed by atoms with Crippen LogP contribution in [0.4, 0.5) is 0 Å². The topological polar surface area (TPSA) is 66.9 Å². The van der Waals surface area contributed by atoms with Crippen molar-refractivity contribution in [1.29, 1.82) is 0 Å². The molecule has 1 heterocycles. The summed E-state index contributed by atoms with van der Waals surface area (Å²) in [5.74, 6) is 1.06. The maximum Gasteiger partial charge on any atom is 0.342 e. The number of rotatable bonds is 6. The Morgan fingerprint density at radius 3 is 2.38 bits per heavy atom. The normalized spacial score (nSPS) is 10.5. The van der Waals surface area contributed by atoms with E-state index in [0.717, 1.165) is 0 Å². The lowest BCUT2D eigenvalue weighted by molar-refractivity contribution is 0.0597. The molecular formula is C18H19NO5. The van der Waals surface area contributed by atoms with Crippen LogP contribution in [0.1, 0.15) is 21.6 Å². The van der Waals surface area contributed by atoms with E-state index in [0.29, 0.717) is 34.1 Å². The number of aromatic nitrogens is 1. The largest absolute Gasteiger partial charge is 0.497 e. The van der Waals surface area contributed by atoms with Crippen LogP contribution < -0.4 is 14.2 Å². The molecule has 0 aliphatic rings. The first-order chi connectivity index (χ1) is 11.6. The predicted octanol–water partition coefficient (Wildman–Crippen LogP) is 3.06. The van der Waals surface area contributed by atoms with Gasteiger partial charge in [-0.15, -0.1) is 0 Å². The Morgan fingerprint density at radius 2 is 1.75 bits per heavy atom. The zero-order chi connectivity index (χ0) is 17.5. The fourth-order valence-electron chi connectivity index (χ4n) is 2.21. The van der Waals surface area contributed by atoms with Crippen LogP contribution in [0.2, 0.25) is 0 Å². The number of carbonyl (C=O) groups excluding carboxylic acids is 1. The Labute approximate surface area is 140 Å². The van der Waals surface area contributed by atoms with Crippen LogP contribution in [0.15, 0.2) is 30.5 Å². The number of carbonyl (C=O) groups is 1. The molecular weight excluding hydrogens is 310 g/mol. The number of ether oxygens (including phenoxy) is 4. The van der Waals surface area contributed by atoms with E-state index in [4.69, 9.17) is 18.9 Å². The fourth-order valence-corrected chi connectivity index (χ4v) is 2.21. The molecule has 0 radical (unpaired) electrons. The Kier molecular flexibility index (Phi) is 5.78. The van der Waals surface area contributed by atoms with E-state index >= 15 is 0 Å². The number of nitrogens with zero attached hydrogens (tertiary/aromatic N) is 1. The van der Waals surface area contributed by atoms with E-state index in [2.05, 4.69) is 4.98 Å². The third-order valence-electron chi connectivity index (χ3n) is 3.39. The van der Waals surface area contributed by atoms with Crippen molar-refractivity contribution in [2.24, 2.45) is 0 Å². The van der Waals surface area contributed by atoms with Gasteiger partial charge in [-0.3, -0.25) is 4.98 Å². The maximum absolute atomic E-state index is 12.1. The van der Waals surface area contributed by atoms with Gasteiger partial charge in [-0.25, -0.2) is 4.79 Å². The highest BCUT2D eigenvalue weighted by Crippen LogP contribution is 2.31. The van der Waals surface area contributed by atoms with Gasteiger partial charge in [0.25, 0.3) is 0 Å². The molecule has 0 spiro atoms. The Morgan fingerprint density at radius 1 is 1.00 bits per heavy atom. The minimum atomic E-state index is -0.498. The van der Waals surface area contributed by atoms with Crippen LogP contribution in [0.5, 0.6) is 17.2 Å². The Hall–Kier alpha value is -3.02. The number of hydrogen-bond acceptors (Lipinski definition) is 6. The van der Waals surface area contributed by atoms with E-state index in [-0.39, 0.29) is 0 Å². The predicted molar refractivity (Wildman–Crippen MR) is 90.6 cm³/mol. The van der Waals surface area contributed by atoms with Crippen LogP contribution in [-0.4, -0.2) is 39.4 Å². The molecule has 2 aromatic rings. The fraction of sp³-hybridized carbons (Fsp3) is 0.222. The molecule has 1 aromatic carbocycles. The smallest absolute Gasteiger partial charge is 0.342 e. The van der Waals surface area contributed by atoms with Gasteiger partial charge in [0.05, 0.1) is 28.4 Å². The van der Waals surface area contributed by atoms with Crippen molar-refractivity contribution < 1.29 is 23.7 Å². The second-order valence-corrected chi connectivity index (χ2v) is 4.71. The lowest BCUT2D eigenvalue weighted by Crippen LogP contribution is -2.07. The minimum Gasteiger partial charge on any atom is -0.497 e. The summed E-state index contributed by atoms with van der Waals surface area (Å²) in [7, 11) is 5.92. The molecule has 126 valence electrons. The lowest BCUT2D eigenvalue weighted by Gasteiger charge is -2.12. The van der Waals surface area contributed by atoms with Crippen LogP contribution in [0.3, 0.4) is 0 Å². The average Bonchev–Trinajstić information content (AvgIpc) is 2.64. The van der Waals surface area contributed by atoms with Crippen LogP contribution in [-0.2, 0) is 4.74 Å². The van der Waals surface area contributed by atoms with Gasteiger partial charge in [0.2, 0.25) is 0 Å². The number of pyridine rings is 1. The minimum absolute atomic E-state index is 0.312. The first-order valence-corrected chi connectivity index (χ1v) is 7.16. The van der Waals surface area contributed by atoms with Crippen LogP contribution >= 0.6 is 0 Å². The second-order valence-electron chi connectivity index (χ2n) is 4.71. The molecule has 0 bridgehead atoms. The van der Waals surface area contributed by atoms with Crippen molar-refractivity contribution in [1.82, 2.24) is 4.98 Å². The molecule has 24 heavy (non-hydrogen) atoms. The lowest BCUT2D eigenvalue weighted by atomic mass is 10.0. The number of methoxy groups -OCH3 is 4. The van der Waals surface area contributed by atoms with Gasteiger partial charge in [-0.1, -0.05) is 6.08 Å². The molecule has 0 fully saturated rings. The molecule has 1 aromatic heterocycles.